The van der Waals surface area contributed by atoms with Gasteiger partial charge in [0.25, 0.3) is 5.91 Å². The normalized spacial score (nSPS) is 21.5. The zero-order chi connectivity index (χ0) is 15.6. The van der Waals surface area contributed by atoms with E-state index in [1.54, 1.807) is 11.0 Å². The summed E-state index contributed by atoms with van der Waals surface area (Å²) in [7, 11) is 0. The number of thiophene rings is 1. The standard InChI is InChI=1S/C13H15Br2NO4S/c1-2-3-16(9-6-20-5-7(9)13(18)19)12(17)10-4-8(14)11(15)21-10/h4,7,9H,2-3,5-6H2,1H3,(H,18,19). The minimum absolute atomic E-state index is 0.144. The van der Waals surface area contributed by atoms with E-state index in [0.717, 1.165) is 14.7 Å². The first kappa shape index (κ1) is 16.9. The number of hydrogen-bond donors (Lipinski definition) is 1. The van der Waals surface area contributed by atoms with Crippen molar-refractivity contribution in [1.29, 1.82) is 0 Å². The van der Waals surface area contributed by atoms with Gasteiger partial charge in [-0.1, -0.05) is 6.92 Å². The van der Waals surface area contributed by atoms with Gasteiger partial charge < -0.3 is 14.7 Å². The Kier molecular flexibility index (Phi) is 5.81. The molecule has 1 aromatic heterocycles. The number of carboxylic acid groups (broad SMARTS) is 1. The summed E-state index contributed by atoms with van der Waals surface area (Å²) >= 11 is 8.07. The van der Waals surface area contributed by atoms with Crippen LogP contribution < -0.4 is 0 Å². The number of amides is 1. The number of carboxylic acids is 1. The topological polar surface area (TPSA) is 66.8 Å². The summed E-state index contributed by atoms with van der Waals surface area (Å²) in [5.41, 5.74) is 0. The summed E-state index contributed by atoms with van der Waals surface area (Å²) in [6.45, 7) is 2.91. The molecule has 0 aromatic carbocycles. The minimum Gasteiger partial charge on any atom is -0.481 e. The molecule has 0 saturated carbocycles. The second kappa shape index (κ2) is 7.21. The van der Waals surface area contributed by atoms with Gasteiger partial charge in [-0.2, -0.15) is 0 Å². The van der Waals surface area contributed by atoms with Crippen molar-refractivity contribution < 1.29 is 19.4 Å². The van der Waals surface area contributed by atoms with Crippen LogP contribution in [0.25, 0.3) is 0 Å². The molecule has 2 rings (SSSR count). The fraction of sp³-hybridized carbons (Fsp3) is 0.538. The van der Waals surface area contributed by atoms with Gasteiger partial charge >= 0.3 is 5.97 Å². The van der Waals surface area contributed by atoms with E-state index < -0.39 is 17.9 Å². The van der Waals surface area contributed by atoms with Gasteiger partial charge in [0.05, 0.1) is 27.9 Å². The average Bonchev–Trinajstić information content (AvgIpc) is 3.03. The van der Waals surface area contributed by atoms with Crippen molar-refractivity contribution in [2.24, 2.45) is 5.92 Å². The first-order valence-electron chi connectivity index (χ1n) is 6.52. The number of nitrogens with zero attached hydrogens (tertiary/aromatic N) is 1. The fourth-order valence-corrected chi connectivity index (χ4v) is 4.33. The quantitative estimate of drug-likeness (QED) is 0.763. The molecule has 0 radical (unpaired) electrons. The van der Waals surface area contributed by atoms with Crippen molar-refractivity contribution >= 4 is 55.1 Å². The smallest absolute Gasteiger partial charge is 0.311 e. The van der Waals surface area contributed by atoms with Gasteiger partial charge in [0.15, 0.2) is 0 Å². The fourth-order valence-electron chi connectivity index (χ4n) is 2.34. The zero-order valence-electron chi connectivity index (χ0n) is 11.3. The molecule has 21 heavy (non-hydrogen) atoms. The Morgan fingerprint density at radius 1 is 1.48 bits per heavy atom. The Bertz CT molecular complexity index is 529. The van der Waals surface area contributed by atoms with Crippen LogP contribution in [-0.2, 0) is 9.53 Å². The van der Waals surface area contributed by atoms with Gasteiger partial charge in [0.2, 0.25) is 0 Å². The van der Waals surface area contributed by atoms with E-state index in [1.807, 2.05) is 6.92 Å². The number of aliphatic carboxylic acids is 1. The monoisotopic (exact) mass is 439 g/mol. The minimum atomic E-state index is -0.917. The lowest BCUT2D eigenvalue weighted by atomic mass is 10.0. The van der Waals surface area contributed by atoms with Gasteiger partial charge in [-0.15, -0.1) is 11.3 Å². The molecule has 1 N–H and O–H groups in total. The lowest BCUT2D eigenvalue weighted by molar-refractivity contribution is -0.142. The van der Waals surface area contributed by atoms with Crippen molar-refractivity contribution in [2.45, 2.75) is 19.4 Å². The summed E-state index contributed by atoms with van der Waals surface area (Å²) < 4.78 is 6.95. The highest BCUT2D eigenvalue weighted by Crippen LogP contribution is 2.34. The number of carbonyl (C=O) groups is 2. The van der Waals surface area contributed by atoms with E-state index in [-0.39, 0.29) is 19.1 Å². The van der Waals surface area contributed by atoms with Crippen LogP contribution in [0.5, 0.6) is 0 Å². The lowest BCUT2D eigenvalue weighted by Gasteiger charge is -2.29. The maximum Gasteiger partial charge on any atom is 0.311 e. The molecular formula is C13H15Br2NO4S. The van der Waals surface area contributed by atoms with E-state index in [4.69, 9.17) is 4.74 Å². The highest BCUT2D eigenvalue weighted by Gasteiger charge is 2.40. The second-order valence-electron chi connectivity index (χ2n) is 4.78. The molecule has 8 heteroatoms. The highest BCUT2D eigenvalue weighted by molar-refractivity contribution is 9.13. The molecule has 1 fully saturated rings. The number of hydrogen-bond acceptors (Lipinski definition) is 4. The van der Waals surface area contributed by atoms with E-state index in [9.17, 15) is 14.7 Å². The predicted octanol–water partition coefficient (Wildman–Crippen LogP) is 3.22. The van der Waals surface area contributed by atoms with Gasteiger partial charge in [0, 0.05) is 11.0 Å². The second-order valence-corrected chi connectivity index (χ2v) is 8.00. The van der Waals surface area contributed by atoms with Crippen molar-refractivity contribution in [2.75, 3.05) is 19.8 Å². The number of carbonyl (C=O) groups excluding carboxylic acids is 1. The summed E-state index contributed by atoms with van der Waals surface area (Å²) in [6, 6.07) is 1.35. The molecule has 2 unspecified atom stereocenters. The molecule has 1 aliphatic heterocycles. The summed E-state index contributed by atoms with van der Waals surface area (Å²) in [5.74, 6) is -1.72. The third-order valence-electron chi connectivity index (χ3n) is 3.35. The van der Waals surface area contributed by atoms with E-state index in [1.165, 1.54) is 11.3 Å². The van der Waals surface area contributed by atoms with Gasteiger partial charge in [-0.25, -0.2) is 0 Å². The maximum absolute atomic E-state index is 12.7. The molecular weight excluding hydrogens is 426 g/mol. The van der Waals surface area contributed by atoms with E-state index in [0.29, 0.717) is 11.4 Å². The molecule has 0 spiro atoms. The molecule has 1 saturated heterocycles. The Hall–Kier alpha value is -0.440. The van der Waals surface area contributed by atoms with E-state index >= 15 is 0 Å². The predicted molar refractivity (Wildman–Crippen MR) is 86.8 cm³/mol. The molecule has 5 nitrogen and oxygen atoms in total. The van der Waals surface area contributed by atoms with Crippen LogP contribution in [0.3, 0.4) is 0 Å². The number of halogens is 2. The number of ether oxygens (including phenoxy) is 1. The van der Waals surface area contributed by atoms with Crippen LogP contribution >= 0.6 is 43.2 Å². The molecule has 2 atom stereocenters. The van der Waals surface area contributed by atoms with Crippen LogP contribution in [0.4, 0.5) is 0 Å². The Labute approximate surface area is 143 Å². The Morgan fingerprint density at radius 3 is 2.71 bits per heavy atom. The first-order chi connectivity index (χ1) is 9.95. The zero-order valence-corrected chi connectivity index (χ0v) is 15.3. The summed E-state index contributed by atoms with van der Waals surface area (Å²) in [4.78, 5) is 26.2. The third kappa shape index (κ3) is 3.67. The van der Waals surface area contributed by atoms with Gasteiger partial charge in [-0.05, 0) is 44.3 Å². The molecule has 1 aromatic rings. The van der Waals surface area contributed by atoms with Crippen molar-refractivity contribution in [3.05, 3.63) is 19.2 Å². The number of rotatable bonds is 5. The SMILES string of the molecule is CCCN(C(=O)c1cc(Br)c(Br)s1)C1COCC1C(=O)O. The molecule has 2 heterocycles. The van der Waals surface area contributed by atoms with Crippen LogP contribution in [0.2, 0.25) is 0 Å². The highest BCUT2D eigenvalue weighted by atomic mass is 79.9. The molecule has 0 aliphatic carbocycles. The van der Waals surface area contributed by atoms with Gasteiger partial charge in [0.1, 0.15) is 5.92 Å². The van der Waals surface area contributed by atoms with Crippen molar-refractivity contribution in [3.8, 4) is 0 Å². The summed E-state index contributed by atoms with van der Waals surface area (Å²) in [6.07, 6.45) is 0.766. The maximum atomic E-state index is 12.7. The Morgan fingerprint density at radius 2 is 2.19 bits per heavy atom. The molecule has 0 bridgehead atoms. The van der Waals surface area contributed by atoms with Crippen molar-refractivity contribution in [1.82, 2.24) is 4.90 Å². The largest absolute Gasteiger partial charge is 0.481 e. The molecule has 116 valence electrons. The lowest BCUT2D eigenvalue weighted by Crippen LogP contribution is -2.46. The van der Waals surface area contributed by atoms with Crippen LogP contribution in [0, 0.1) is 5.92 Å². The van der Waals surface area contributed by atoms with Crippen LogP contribution in [0.1, 0.15) is 23.0 Å². The van der Waals surface area contributed by atoms with Crippen molar-refractivity contribution in [3.63, 3.8) is 0 Å². The van der Waals surface area contributed by atoms with Crippen LogP contribution in [0.15, 0.2) is 14.3 Å². The molecule has 1 aliphatic rings. The first-order valence-corrected chi connectivity index (χ1v) is 8.92. The summed E-state index contributed by atoms with van der Waals surface area (Å²) in [5, 5.41) is 9.27. The van der Waals surface area contributed by atoms with E-state index in [2.05, 4.69) is 31.9 Å². The third-order valence-corrected chi connectivity index (χ3v) is 6.59. The Balaban J connectivity index is 2.25. The van der Waals surface area contributed by atoms with Gasteiger partial charge in [-0.3, -0.25) is 9.59 Å². The van der Waals surface area contributed by atoms with Crippen LogP contribution in [-0.4, -0.2) is 47.7 Å². The molecule has 1 amide bonds. The average molecular weight is 441 g/mol.